The molecule has 0 saturated heterocycles. The highest BCUT2D eigenvalue weighted by molar-refractivity contribution is 6.17. The van der Waals surface area contributed by atoms with E-state index in [9.17, 15) is 4.79 Å². The Morgan fingerprint density at radius 2 is 1.50 bits per heavy atom. The lowest BCUT2D eigenvalue weighted by Crippen LogP contribution is -1.89. The van der Waals surface area contributed by atoms with Crippen molar-refractivity contribution >= 4 is 17.4 Å². The molecule has 0 aliphatic heterocycles. The van der Waals surface area contributed by atoms with Crippen molar-refractivity contribution in [2.24, 2.45) is 0 Å². The van der Waals surface area contributed by atoms with Crippen molar-refractivity contribution in [2.75, 3.05) is 6.38 Å². The lowest BCUT2D eigenvalue weighted by atomic mass is 10.2. The zero-order chi connectivity index (χ0) is 7.56. The maximum absolute atomic E-state index is 10.8. The van der Waals surface area contributed by atoms with Crippen molar-refractivity contribution < 1.29 is 4.79 Å². The Morgan fingerprint density at radius 1 is 1.10 bits per heavy atom. The van der Waals surface area contributed by atoms with E-state index in [1.54, 1.807) is 0 Å². The second-order valence-electron chi connectivity index (χ2n) is 1.91. The summed E-state index contributed by atoms with van der Waals surface area (Å²) in [7, 11) is 0. The highest BCUT2D eigenvalue weighted by Gasteiger charge is 2.19. The number of carbonyl (C=O) groups excluding carboxylic acids is 1. The third kappa shape index (κ3) is 0.929. The van der Waals surface area contributed by atoms with Crippen LogP contribution in [0.5, 0.6) is 0 Å². The molecule has 10 heavy (non-hydrogen) atoms. The minimum absolute atomic E-state index is 0.185. The van der Waals surface area contributed by atoms with Gasteiger partial charge in [-0.25, -0.2) is 0 Å². The third-order valence-corrected chi connectivity index (χ3v) is 1.41. The van der Waals surface area contributed by atoms with E-state index < -0.39 is 0 Å². The molecule has 0 amide bonds. The fraction of sp³-hybridized carbons (Fsp3) is 0.125. The van der Waals surface area contributed by atoms with Crippen molar-refractivity contribution in [3.8, 4) is 0 Å². The van der Waals surface area contributed by atoms with Crippen LogP contribution in [0.15, 0.2) is 35.5 Å². The number of fused-ring (bicyclic) bond motifs is 2. The van der Waals surface area contributed by atoms with Gasteiger partial charge in [0.25, 0.3) is 0 Å². The second-order valence-corrected chi connectivity index (χ2v) is 1.91. The molecular weight excluding hydrogens is 148 g/mol. The lowest BCUT2D eigenvalue weighted by Gasteiger charge is -1.78. The molecule has 0 spiro atoms. The second kappa shape index (κ2) is 2.84. The van der Waals surface area contributed by atoms with Crippen LogP contribution in [0.1, 0.15) is 0 Å². The molecule has 2 aliphatic rings. The monoisotopic (exact) mass is 154 g/mol. The number of rotatable bonds is 0. The molecule has 0 atom stereocenters. The van der Waals surface area contributed by atoms with E-state index in [0.29, 0.717) is 0 Å². The lowest BCUT2D eigenvalue weighted by molar-refractivity contribution is -0.111. The van der Waals surface area contributed by atoms with Crippen LogP contribution in [-0.4, -0.2) is 12.2 Å². The molecule has 2 aliphatic carbocycles. The van der Waals surface area contributed by atoms with Crippen LogP contribution in [0.25, 0.3) is 0 Å². The normalized spacial score (nSPS) is 18.0. The van der Waals surface area contributed by atoms with Gasteiger partial charge in [0.05, 0.1) is 0 Å². The van der Waals surface area contributed by atoms with Crippen molar-refractivity contribution in [3.63, 3.8) is 0 Å². The minimum atomic E-state index is 0.185. The summed E-state index contributed by atoms with van der Waals surface area (Å²) in [6.45, 7) is 0. The topological polar surface area (TPSA) is 17.1 Å². The molecule has 2 heteroatoms. The molecule has 1 nitrogen and oxygen atoms in total. The van der Waals surface area contributed by atoms with E-state index >= 15 is 0 Å². The first-order valence-corrected chi connectivity index (χ1v) is 3.66. The van der Waals surface area contributed by atoms with Crippen LogP contribution in [-0.2, 0) is 4.79 Å². The zero-order valence-electron chi connectivity index (χ0n) is 5.60. The molecule has 0 fully saturated rings. The number of alkyl halides is 1. The molecule has 2 bridgehead atoms. The van der Waals surface area contributed by atoms with Gasteiger partial charge in [-0.15, -0.1) is 11.6 Å². The molecule has 0 aromatic carbocycles. The minimum Gasteiger partial charge on any atom is -0.289 e. The molecule has 0 saturated carbocycles. The van der Waals surface area contributed by atoms with Gasteiger partial charge in [0.1, 0.15) is 0 Å². The van der Waals surface area contributed by atoms with Gasteiger partial charge < -0.3 is 0 Å². The molecule has 2 rings (SSSR count). The van der Waals surface area contributed by atoms with E-state index in [4.69, 9.17) is 0 Å². The maximum atomic E-state index is 10.8. The Kier molecular flexibility index (Phi) is 2.07. The Labute approximate surface area is 64.7 Å². The maximum Gasteiger partial charge on any atom is 0.193 e. The predicted octanol–water partition coefficient (Wildman–Crippen LogP) is 1.85. The molecule has 0 aromatic rings. The van der Waals surface area contributed by atoms with Crippen LogP contribution in [0.2, 0.25) is 0 Å². The van der Waals surface area contributed by atoms with Crippen molar-refractivity contribution in [2.45, 2.75) is 0 Å². The Hall–Kier alpha value is -0.820. The summed E-state index contributed by atoms with van der Waals surface area (Å²) in [5.41, 5.74) is 1.67. The zero-order valence-corrected chi connectivity index (χ0v) is 6.35. The Morgan fingerprint density at radius 3 is 1.60 bits per heavy atom. The van der Waals surface area contributed by atoms with Crippen LogP contribution >= 0.6 is 11.6 Å². The largest absolute Gasteiger partial charge is 0.289 e. The number of ketones is 1. The summed E-state index contributed by atoms with van der Waals surface area (Å²) >= 11 is 4.64. The molecule has 52 valence electrons. The van der Waals surface area contributed by atoms with Gasteiger partial charge >= 0.3 is 0 Å². The molecule has 0 aromatic heterocycles. The standard InChI is InChI=1S/C7H4O.CH3Cl/c8-7-5-1-2-6(7)4-3-5;1-2/h1-4H;1H3. The van der Waals surface area contributed by atoms with Gasteiger partial charge in [0.2, 0.25) is 0 Å². The van der Waals surface area contributed by atoms with Crippen molar-refractivity contribution in [3.05, 3.63) is 35.5 Å². The average Bonchev–Trinajstić information content (AvgIpc) is 2.53. The summed E-state index contributed by atoms with van der Waals surface area (Å²) in [6.07, 6.45) is 8.85. The van der Waals surface area contributed by atoms with Gasteiger partial charge in [-0.2, -0.15) is 0 Å². The molecule has 0 N–H and O–H groups in total. The first-order chi connectivity index (χ1) is 4.88. The average molecular weight is 155 g/mol. The van der Waals surface area contributed by atoms with Crippen molar-refractivity contribution in [1.82, 2.24) is 0 Å². The van der Waals surface area contributed by atoms with E-state index in [0.717, 1.165) is 11.1 Å². The number of carbonyl (C=O) groups is 1. The summed E-state index contributed by atoms with van der Waals surface area (Å²) < 4.78 is 0. The van der Waals surface area contributed by atoms with Crippen LogP contribution in [0.3, 0.4) is 0 Å². The smallest absolute Gasteiger partial charge is 0.193 e. The van der Waals surface area contributed by atoms with E-state index in [1.165, 1.54) is 6.38 Å². The van der Waals surface area contributed by atoms with E-state index in [2.05, 4.69) is 11.6 Å². The van der Waals surface area contributed by atoms with Crippen LogP contribution in [0.4, 0.5) is 0 Å². The van der Waals surface area contributed by atoms with Gasteiger partial charge in [0, 0.05) is 17.5 Å². The summed E-state index contributed by atoms with van der Waals surface area (Å²) in [6, 6.07) is 0. The molecular formula is C8H7ClO. The molecule has 0 radical (unpaired) electrons. The number of halogens is 1. The summed E-state index contributed by atoms with van der Waals surface area (Å²) in [5.74, 6) is 0.185. The first kappa shape index (κ1) is 7.29. The highest BCUT2D eigenvalue weighted by atomic mass is 35.5. The van der Waals surface area contributed by atoms with Gasteiger partial charge in [-0.3, -0.25) is 4.79 Å². The number of hydrogen-bond donors (Lipinski definition) is 0. The SMILES string of the molecule is CCl.O=C1C2=CC=C1C=C2. The number of hydrogen-bond acceptors (Lipinski definition) is 1. The Bertz CT molecular complexity index is 222. The quantitative estimate of drug-likeness (QED) is 0.487. The Balaban J connectivity index is 0.000000231. The van der Waals surface area contributed by atoms with E-state index in [-0.39, 0.29) is 5.78 Å². The fourth-order valence-corrected chi connectivity index (χ4v) is 0.940. The third-order valence-electron chi connectivity index (χ3n) is 1.41. The van der Waals surface area contributed by atoms with Gasteiger partial charge in [-0.1, -0.05) is 24.3 Å². The van der Waals surface area contributed by atoms with Gasteiger partial charge in [0.15, 0.2) is 5.78 Å². The fourth-order valence-electron chi connectivity index (χ4n) is 0.940. The van der Waals surface area contributed by atoms with Crippen LogP contribution in [0, 0.1) is 0 Å². The summed E-state index contributed by atoms with van der Waals surface area (Å²) in [5, 5.41) is 0. The number of allylic oxidation sites excluding steroid dienone is 6. The van der Waals surface area contributed by atoms with Crippen molar-refractivity contribution in [1.29, 1.82) is 0 Å². The van der Waals surface area contributed by atoms with E-state index in [1.807, 2.05) is 24.3 Å². The number of Topliss-reactive ketones (excluding diaryl/α,β-unsaturated/α-hetero) is 1. The predicted molar refractivity (Wildman–Crippen MR) is 42.1 cm³/mol. The summed E-state index contributed by atoms with van der Waals surface area (Å²) in [4.78, 5) is 10.8. The first-order valence-electron chi connectivity index (χ1n) is 2.90. The van der Waals surface area contributed by atoms with Crippen LogP contribution < -0.4 is 0 Å². The molecule has 0 heterocycles. The highest BCUT2D eigenvalue weighted by Crippen LogP contribution is 2.23. The molecule has 0 unspecified atom stereocenters. The van der Waals surface area contributed by atoms with Gasteiger partial charge in [-0.05, 0) is 0 Å².